The van der Waals surface area contributed by atoms with E-state index in [2.05, 4.69) is 5.32 Å². The van der Waals surface area contributed by atoms with Crippen molar-refractivity contribution in [1.29, 1.82) is 0 Å². The highest BCUT2D eigenvalue weighted by Gasteiger charge is 2.51. The fourth-order valence-electron chi connectivity index (χ4n) is 8.61. The number of nitrogens with one attached hydrogen (secondary N) is 1. The zero-order chi connectivity index (χ0) is 46.5. The maximum Gasteiger partial charge on any atom is 0.312 e. The maximum atomic E-state index is 14.8. The van der Waals surface area contributed by atoms with Gasteiger partial charge in [0.1, 0.15) is 53.0 Å². The first-order valence-electron chi connectivity index (χ1n) is 21.0. The van der Waals surface area contributed by atoms with Crippen molar-refractivity contribution in [2.45, 2.75) is 84.8 Å². The second-order valence-electron chi connectivity index (χ2n) is 17.1. The number of ketones is 1. The Morgan fingerprint density at radius 2 is 1.77 bits per heavy atom. The fraction of sp³-hybridized carbons (Fsp3) is 0.468. The van der Waals surface area contributed by atoms with Gasteiger partial charge in [-0.1, -0.05) is 39.0 Å². The van der Waals surface area contributed by atoms with Crippen molar-refractivity contribution in [1.82, 2.24) is 9.88 Å². The highest BCUT2D eigenvalue weighted by atomic mass is 16.7. The predicted molar refractivity (Wildman–Crippen MR) is 235 cm³/mol. The molecule has 5 aliphatic heterocycles. The number of fused-ring (bicyclic) bond motifs is 9. The number of methoxy groups -OCH3 is 2. The number of aromatic nitrogens is 1. The zero-order valence-electron chi connectivity index (χ0n) is 37.8. The number of Topliss-reactive ketones (excluding diaryl/α,β-unsaturated/α-hetero) is 1. The number of aliphatic hydroxyl groups is 1. The SMILES string of the molecule is COc1cc(OCCN(C)C)cc2oc3c4c(=O)c5c(O)c(C)c6c(c5c-3nc12)C(=O)[C@@](C)(O/C=C/[C@H](OC)[C@@H](C)[C@@H](OC(C)=O)[C@@H]1O[C@H]([C@@H](C)[C@H]1O)[C@@H](C)/C=C/C=C(/C)C(=O)N4)O6. The molecule has 9 atom stereocenters. The number of phenolic OH excluding ortho intramolecular Hbond substituents is 1. The van der Waals surface area contributed by atoms with E-state index in [9.17, 15) is 29.4 Å². The Hall–Kier alpha value is -6.01. The number of benzene rings is 3. The van der Waals surface area contributed by atoms with Gasteiger partial charge in [0.05, 0.1) is 42.6 Å². The van der Waals surface area contributed by atoms with Crippen LogP contribution in [0.2, 0.25) is 0 Å². The molecule has 1 aliphatic carbocycles. The van der Waals surface area contributed by atoms with Gasteiger partial charge >= 0.3 is 11.8 Å². The molecule has 342 valence electrons. The average molecular weight is 886 g/mol. The van der Waals surface area contributed by atoms with E-state index in [1.165, 1.54) is 47.3 Å². The van der Waals surface area contributed by atoms with Crippen LogP contribution in [0.1, 0.15) is 57.5 Å². The summed E-state index contributed by atoms with van der Waals surface area (Å²) in [6, 6.07) is 3.21. The highest BCUT2D eigenvalue weighted by molar-refractivity contribution is 6.22. The fourth-order valence-corrected chi connectivity index (χ4v) is 8.61. The van der Waals surface area contributed by atoms with Gasteiger partial charge in [-0.3, -0.25) is 19.2 Å². The van der Waals surface area contributed by atoms with Crippen molar-refractivity contribution in [3.63, 3.8) is 0 Å². The van der Waals surface area contributed by atoms with Crippen molar-refractivity contribution in [3.8, 4) is 34.5 Å². The molecule has 5 heterocycles. The molecule has 1 fully saturated rings. The number of carbonyl (C=O) groups excluding carboxylic acids is 3. The number of likely N-dealkylation sites (N-methyl/N-ethyl adjacent to an activating group) is 1. The largest absolute Gasteiger partial charge is 0.507 e. The lowest BCUT2D eigenvalue weighted by Crippen LogP contribution is -2.46. The topological polar surface area (TPSA) is 215 Å². The molecule has 0 radical (unpaired) electrons. The quantitative estimate of drug-likeness (QED) is 0.116. The van der Waals surface area contributed by atoms with Crippen molar-refractivity contribution in [3.05, 3.63) is 69.6 Å². The van der Waals surface area contributed by atoms with Crippen LogP contribution in [-0.2, 0) is 28.5 Å². The van der Waals surface area contributed by atoms with E-state index >= 15 is 0 Å². The first kappa shape index (κ1) is 46.0. The third-order valence-corrected chi connectivity index (χ3v) is 12.3. The van der Waals surface area contributed by atoms with Gasteiger partial charge in [-0.25, -0.2) is 4.98 Å². The minimum Gasteiger partial charge on any atom is -0.507 e. The molecule has 17 nitrogen and oxygen atoms in total. The van der Waals surface area contributed by atoms with E-state index in [0.29, 0.717) is 18.9 Å². The van der Waals surface area contributed by atoms with Crippen molar-refractivity contribution in [2.75, 3.05) is 46.8 Å². The van der Waals surface area contributed by atoms with Crippen LogP contribution in [0.15, 0.2) is 57.5 Å². The molecule has 0 saturated carbocycles. The molecule has 2 aromatic rings. The molecule has 0 unspecified atom stereocenters. The summed E-state index contributed by atoms with van der Waals surface area (Å²) in [6.07, 6.45) is 3.52. The van der Waals surface area contributed by atoms with Crippen molar-refractivity contribution < 1.29 is 62.2 Å². The molecular weight excluding hydrogens is 831 g/mol. The number of esters is 1. The lowest BCUT2D eigenvalue weighted by Gasteiger charge is -2.33. The maximum absolute atomic E-state index is 14.8. The summed E-state index contributed by atoms with van der Waals surface area (Å²) < 4.78 is 48.6. The number of phenols is 1. The van der Waals surface area contributed by atoms with Crippen LogP contribution in [0.25, 0.3) is 33.3 Å². The van der Waals surface area contributed by atoms with Crippen LogP contribution in [0.3, 0.4) is 0 Å². The minimum atomic E-state index is -2.05. The smallest absolute Gasteiger partial charge is 0.312 e. The molecule has 7 bridgehead atoms. The van der Waals surface area contributed by atoms with Crippen LogP contribution in [-0.4, -0.2) is 116 Å². The van der Waals surface area contributed by atoms with Crippen LogP contribution >= 0.6 is 0 Å². The predicted octanol–water partition coefficient (Wildman–Crippen LogP) is 5.67. The molecule has 2 aromatic carbocycles. The number of rotatable bonds is 7. The number of nitrogens with zero attached hydrogens (tertiary/aromatic N) is 2. The molecule has 64 heavy (non-hydrogen) atoms. The molecule has 1 amide bonds. The summed E-state index contributed by atoms with van der Waals surface area (Å²) in [7, 11) is 6.71. The molecular formula is C47H55N3O14. The third-order valence-electron chi connectivity index (χ3n) is 12.3. The summed E-state index contributed by atoms with van der Waals surface area (Å²) in [6.45, 7) is 12.1. The number of ether oxygens (including phenoxy) is 7. The van der Waals surface area contributed by atoms with E-state index in [0.717, 1.165) is 0 Å². The van der Waals surface area contributed by atoms with E-state index in [1.807, 2.05) is 38.9 Å². The zero-order valence-corrected chi connectivity index (χ0v) is 37.8. The second-order valence-corrected chi connectivity index (χ2v) is 17.1. The monoisotopic (exact) mass is 885 g/mol. The normalized spacial score (nSPS) is 29.2. The molecule has 0 aromatic heterocycles. The number of allylic oxidation sites excluding steroid dienone is 2. The number of aromatic hydroxyl groups is 1. The van der Waals surface area contributed by atoms with E-state index in [1.54, 1.807) is 38.1 Å². The summed E-state index contributed by atoms with van der Waals surface area (Å²) in [5.74, 6) is -5.52. The van der Waals surface area contributed by atoms with Gasteiger partial charge in [0.15, 0.2) is 17.1 Å². The first-order valence-corrected chi connectivity index (χ1v) is 21.0. The Morgan fingerprint density at radius 3 is 2.44 bits per heavy atom. The lowest BCUT2D eigenvalue weighted by molar-refractivity contribution is -0.168. The minimum absolute atomic E-state index is 0.0516. The number of amides is 1. The number of hydrogen-bond donors (Lipinski definition) is 3. The average Bonchev–Trinajstić information content (AvgIpc) is 3.69. The highest BCUT2D eigenvalue weighted by Crippen LogP contribution is 2.51. The van der Waals surface area contributed by atoms with Gasteiger partial charge in [-0.2, -0.15) is 0 Å². The molecule has 8 rings (SSSR count). The van der Waals surface area contributed by atoms with Crippen molar-refractivity contribution >= 4 is 45.2 Å². The van der Waals surface area contributed by atoms with Gasteiger partial charge in [-0.15, -0.1) is 0 Å². The number of aliphatic hydroxyl groups excluding tert-OH is 1. The summed E-state index contributed by atoms with van der Waals surface area (Å²) in [4.78, 5) is 62.9. The van der Waals surface area contributed by atoms with Crippen LogP contribution in [0.4, 0.5) is 5.69 Å². The Labute approximate surface area is 369 Å². The molecule has 1 saturated heterocycles. The van der Waals surface area contributed by atoms with Gasteiger partial charge in [0, 0.05) is 73.9 Å². The molecule has 6 aliphatic rings. The van der Waals surface area contributed by atoms with Gasteiger partial charge in [0.2, 0.25) is 5.43 Å². The number of carbonyl (C=O) groups is 3. The van der Waals surface area contributed by atoms with E-state index in [-0.39, 0.29) is 73.1 Å². The van der Waals surface area contributed by atoms with Gasteiger partial charge in [0.25, 0.3) is 11.7 Å². The number of hydrogen-bond acceptors (Lipinski definition) is 16. The van der Waals surface area contributed by atoms with Crippen LogP contribution in [0, 0.1) is 24.7 Å². The standard InChI is InChI=1S/C47H55N3O14/c1-21-13-12-14-22(2)46(56)49-36-39(54)32-31(35-43(36)62-30-20-27(59-18-16-50(8)9)19-29(58-11)34(30)48-35)33-41(24(4)37(32)52)64-47(7,45(33)55)60-17-15-28(57-10)23(3)42(61-26(6)51)44-38(53)25(5)40(21)63-44/h12-15,17,19-21,23,25,28,38,40,42,44,52-53H,16,18H2,1-11H3,(H,49,56)/b13-12+,17-15+,22-14-/t21-,23+,25-,28-,38+,40-,42+,44+,47-/m0/s1. The molecule has 17 heteroatoms. The van der Waals surface area contributed by atoms with Gasteiger partial charge < -0.3 is 58.0 Å². The Balaban J connectivity index is 1.46. The third kappa shape index (κ3) is 8.17. The number of anilines is 1. The van der Waals surface area contributed by atoms with E-state index in [4.69, 9.17) is 42.6 Å². The van der Waals surface area contributed by atoms with Crippen LogP contribution in [0.5, 0.6) is 23.0 Å². The van der Waals surface area contributed by atoms with Gasteiger partial charge in [-0.05, 0) is 34.0 Å². The van der Waals surface area contributed by atoms with Crippen LogP contribution < -0.4 is 25.0 Å². The lowest BCUT2D eigenvalue weighted by atomic mass is 9.86. The second kappa shape index (κ2) is 17.9. The van der Waals surface area contributed by atoms with E-state index < -0.39 is 77.0 Å². The Morgan fingerprint density at radius 1 is 1.03 bits per heavy atom. The summed E-state index contributed by atoms with van der Waals surface area (Å²) in [5, 5.41) is 25.6. The Kier molecular flexibility index (Phi) is 12.8. The summed E-state index contributed by atoms with van der Waals surface area (Å²) >= 11 is 0. The first-order chi connectivity index (χ1) is 30.3. The summed E-state index contributed by atoms with van der Waals surface area (Å²) in [5.41, 5.74) is -0.831. The molecule has 3 N–H and O–H groups in total. The Bertz CT molecular complexity index is 2630. The molecule has 0 spiro atoms. The van der Waals surface area contributed by atoms with Crippen molar-refractivity contribution in [2.24, 2.45) is 17.8 Å².